The first-order valence-electron chi connectivity index (χ1n) is 15.7. The van der Waals surface area contributed by atoms with E-state index in [0.717, 1.165) is 37.8 Å². The van der Waals surface area contributed by atoms with Crippen molar-refractivity contribution in [1.29, 1.82) is 0 Å². The van der Waals surface area contributed by atoms with Gasteiger partial charge in [0.1, 0.15) is 28.8 Å². The average molecular weight is 673 g/mol. The summed E-state index contributed by atoms with van der Waals surface area (Å²) in [6.45, 7) is 4.54. The molecule has 12 heteroatoms. The minimum atomic E-state index is -4.80. The van der Waals surface area contributed by atoms with E-state index >= 15 is 4.39 Å². The molecule has 0 unspecified atom stereocenters. The zero-order chi connectivity index (χ0) is 34.1. The molecule has 1 aliphatic carbocycles. The number of benzene rings is 3. The fraction of sp³-hybridized carbons (Fsp3) is 0.486. The lowest BCUT2D eigenvalue weighted by atomic mass is 9.67. The molecule has 2 aliphatic rings. The summed E-state index contributed by atoms with van der Waals surface area (Å²) in [7, 11) is 0. The fourth-order valence-corrected chi connectivity index (χ4v) is 6.58. The van der Waals surface area contributed by atoms with Gasteiger partial charge in [0.05, 0.1) is 13.2 Å². The highest BCUT2D eigenvalue weighted by Gasteiger charge is 2.47. The molecule has 1 N–H and O–H groups in total. The van der Waals surface area contributed by atoms with Crippen molar-refractivity contribution in [2.75, 3.05) is 13.2 Å². The highest BCUT2D eigenvalue weighted by molar-refractivity contribution is 5.65. The zero-order valence-corrected chi connectivity index (χ0v) is 26.0. The second kappa shape index (κ2) is 13.7. The van der Waals surface area contributed by atoms with Crippen molar-refractivity contribution in [3.63, 3.8) is 0 Å². The maximum absolute atomic E-state index is 15.3. The first kappa shape index (κ1) is 35.1. The van der Waals surface area contributed by atoms with Gasteiger partial charge < -0.3 is 19.3 Å². The van der Waals surface area contributed by atoms with Gasteiger partial charge >= 0.3 is 12.1 Å². The number of alkyl halides is 2. The number of rotatable bonds is 10. The first-order valence-corrected chi connectivity index (χ1v) is 15.7. The second-order valence-electron chi connectivity index (χ2n) is 12.9. The van der Waals surface area contributed by atoms with Crippen LogP contribution in [0.5, 0.6) is 5.75 Å². The summed E-state index contributed by atoms with van der Waals surface area (Å²) in [5.41, 5.74) is -3.27. The molecule has 3 aromatic carbocycles. The molecule has 5 rings (SSSR count). The van der Waals surface area contributed by atoms with Crippen LogP contribution < -0.4 is 4.74 Å². The fourth-order valence-electron chi connectivity index (χ4n) is 6.58. The van der Waals surface area contributed by atoms with Gasteiger partial charge in [0, 0.05) is 28.7 Å². The molecule has 4 nitrogen and oxygen atoms in total. The molecule has 0 atom stereocenters. The van der Waals surface area contributed by atoms with Crippen LogP contribution in [-0.4, -0.2) is 18.3 Å². The molecule has 3 aromatic rings. The number of hydrogen-bond acceptors (Lipinski definition) is 4. The molecule has 256 valence electrons. The number of unbranched alkanes of at least 4 members (excludes halogenated alkanes) is 2. The van der Waals surface area contributed by atoms with E-state index in [1.165, 1.54) is 31.7 Å². The van der Waals surface area contributed by atoms with Crippen LogP contribution in [0.4, 0.5) is 35.1 Å². The normalized spacial score (nSPS) is 25.2. The van der Waals surface area contributed by atoms with Gasteiger partial charge in [-0.15, -0.1) is 0 Å². The van der Waals surface area contributed by atoms with E-state index in [4.69, 9.17) is 9.47 Å². The van der Waals surface area contributed by atoms with E-state index < -0.39 is 69.4 Å². The van der Waals surface area contributed by atoms with Crippen molar-refractivity contribution >= 4 is 0 Å². The van der Waals surface area contributed by atoms with Gasteiger partial charge in [-0.05, 0) is 48.4 Å². The van der Waals surface area contributed by atoms with E-state index in [9.17, 15) is 35.8 Å². The lowest BCUT2D eigenvalue weighted by molar-refractivity contribution is -0.419. The number of hydrogen-bond donors (Lipinski definition) is 1. The Morgan fingerprint density at radius 2 is 1.40 bits per heavy atom. The predicted octanol–water partition coefficient (Wildman–Crippen LogP) is 9.86. The highest BCUT2D eigenvalue weighted by atomic mass is 19.3. The smallest absolute Gasteiger partial charge is 0.429 e. The maximum Gasteiger partial charge on any atom is 0.432 e. The van der Waals surface area contributed by atoms with Crippen molar-refractivity contribution in [3.8, 4) is 16.9 Å². The van der Waals surface area contributed by atoms with E-state index in [1.807, 2.05) is 6.92 Å². The first-order chi connectivity index (χ1) is 22.2. The Hall–Kier alpha value is -3.22. The second-order valence-corrected chi connectivity index (χ2v) is 12.9. The van der Waals surface area contributed by atoms with Crippen LogP contribution in [0.15, 0.2) is 42.5 Å². The quantitative estimate of drug-likeness (QED) is 0.132. The minimum absolute atomic E-state index is 0.0853. The largest absolute Gasteiger partial charge is 0.432 e. The highest BCUT2D eigenvalue weighted by Crippen LogP contribution is 2.47. The molecular formula is C35H36F8O4. The van der Waals surface area contributed by atoms with Crippen molar-refractivity contribution in [3.05, 3.63) is 88.5 Å². The van der Waals surface area contributed by atoms with Gasteiger partial charge in [0.25, 0.3) is 0 Å². The van der Waals surface area contributed by atoms with Gasteiger partial charge in [-0.25, -0.2) is 26.3 Å². The molecule has 1 saturated heterocycles. The summed E-state index contributed by atoms with van der Waals surface area (Å²) >= 11 is 0. The van der Waals surface area contributed by atoms with Crippen molar-refractivity contribution in [2.24, 2.45) is 17.3 Å². The van der Waals surface area contributed by atoms with Crippen LogP contribution in [0, 0.1) is 52.2 Å². The zero-order valence-electron chi connectivity index (χ0n) is 26.0. The van der Waals surface area contributed by atoms with Gasteiger partial charge in [-0.1, -0.05) is 64.5 Å². The van der Waals surface area contributed by atoms with Gasteiger partial charge in [-0.2, -0.15) is 8.78 Å². The SMILES string of the molecule is CCCCCC1CCC(C2(C)COC(O)(c3ccc(-c4cc(F)c(C(F)(F)Oc5cc(F)c(F)c(F)c5)c(F)c4)c(F)c3)OC2)CC1. The third kappa shape index (κ3) is 7.44. The Bertz CT molecular complexity index is 1530. The summed E-state index contributed by atoms with van der Waals surface area (Å²) in [5.74, 6) is -12.9. The van der Waals surface area contributed by atoms with Crippen LogP contribution in [0.1, 0.15) is 76.3 Å². The van der Waals surface area contributed by atoms with E-state index in [2.05, 4.69) is 11.7 Å². The summed E-state index contributed by atoms with van der Waals surface area (Å²) in [5, 5.41) is 11.1. The van der Waals surface area contributed by atoms with Gasteiger partial charge in [0.2, 0.25) is 0 Å². The molecule has 1 saturated carbocycles. The Balaban J connectivity index is 1.27. The molecule has 0 amide bonds. The van der Waals surface area contributed by atoms with Crippen LogP contribution in [0.25, 0.3) is 11.1 Å². The minimum Gasteiger partial charge on any atom is -0.429 e. The van der Waals surface area contributed by atoms with E-state index in [-0.39, 0.29) is 36.3 Å². The van der Waals surface area contributed by atoms with E-state index in [1.54, 1.807) is 0 Å². The Morgan fingerprint density at radius 3 is 1.96 bits per heavy atom. The summed E-state index contributed by atoms with van der Waals surface area (Å²) in [6, 6.07) is 4.18. The summed E-state index contributed by atoms with van der Waals surface area (Å²) in [6.07, 6.45) is 4.40. The third-order valence-corrected chi connectivity index (χ3v) is 9.42. The maximum atomic E-state index is 15.3. The summed E-state index contributed by atoms with van der Waals surface area (Å²) in [4.78, 5) is 0. The van der Waals surface area contributed by atoms with Crippen LogP contribution in [0.2, 0.25) is 0 Å². The Labute approximate surface area is 267 Å². The van der Waals surface area contributed by atoms with Crippen molar-refractivity contribution in [2.45, 2.75) is 77.3 Å². The number of aliphatic hydroxyl groups is 1. The summed E-state index contributed by atoms with van der Waals surface area (Å²) < 4.78 is 130. The van der Waals surface area contributed by atoms with E-state index in [0.29, 0.717) is 24.0 Å². The van der Waals surface area contributed by atoms with Crippen LogP contribution in [0.3, 0.4) is 0 Å². The molecule has 2 fully saturated rings. The molecule has 0 spiro atoms. The number of ether oxygens (including phenoxy) is 3. The third-order valence-electron chi connectivity index (χ3n) is 9.42. The monoisotopic (exact) mass is 672 g/mol. The molecule has 0 radical (unpaired) electrons. The topological polar surface area (TPSA) is 47.9 Å². The van der Waals surface area contributed by atoms with Crippen molar-refractivity contribution < 1.29 is 54.4 Å². The molecule has 1 heterocycles. The Morgan fingerprint density at radius 1 is 0.809 bits per heavy atom. The lowest BCUT2D eigenvalue weighted by Gasteiger charge is -2.47. The average Bonchev–Trinajstić information content (AvgIpc) is 3.01. The standard InChI is InChI=1S/C35H36F8O4/c1-3-4-5-6-20-7-9-22(10-8-20)33(2)18-45-35(44,46-19-33)23-11-12-25(26(36)15-23)21-13-27(37)31(28(38)14-21)34(42,43)47-24-16-29(39)32(41)30(40)17-24/h11-17,20,22,44H,3-10,18-19H2,1-2H3. The molecular weight excluding hydrogens is 636 g/mol. The van der Waals surface area contributed by atoms with Gasteiger partial charge in [-0.3, -0.25) is 0 Å². The van der Waals surface area contributed by atoms with Crippen molar-refractivity contribution in [1.82, 2.24) is 0 Å². The van der Waals surface area contributed by atoms with Crippen LogP contribution in [-0.2, 0) is 21.6 Å². The predicted molar refractivity (Wildman–Crippen MR) is 156 cm³/mol. The molecule has 1 aliphatic heterocycles. The molecule has 0 bridgehead atoms. The van der Waals surface area contributed by atoms with Crippen LogP contribution >= 0.6 is 0 Å². The molecule has 47 heavy (non-hydrogen) atoms. The Kier molecular flexibility index (Phi) is 10.2. The lowest BCUT2D eigenvalue weighted by Crippen LogP contribution is -2.50. The molecule has 0 aromatic heterocycles. The number of halogens is 8. The van der Waals surface area contributed by atoms with Gasteiger partial charge in [0.15, 0.2) is 17.5 Å².